The van der Waals surface area contributed by atoms with E-state index in [-0.39, 0.29) is 17.2 Å². The molecule has 3 fully saturated rings. The second-order valence-corrected chi connectivity index (χ2v) is 6.94. The fourth-order valence-electron chi connectivity index (χ4n) is 3.79. The first kappa shape index (κ1) is 14.8. The van der Waals surface area contributed by atoms with Crippen molar-refractivity contribution in [2.24, 2.45) is 17.1 Å². The molecule has 2 amide bonds. The van der Waals surface area contributed by atoms with Gasteiger partial charge in [0, 0.05) is 38.6 Å². The third-order valence-corrected chi connectivity index (χ3v) is 5.46. The zero-order valence-electron chi connectivity index (χ0n) is 12.9. The summed E-state index contributed by atoms with van der Waals surface area (Å²) in [5, 5.41) is 0. The van der Waals surface area contributed by atoms with Gasteiger partial charge in [-0.05, 0) is 25.7 Å². The largest absolute Gasteiger partial charge is 0.339 e. The van der Waals surface area contributed by atoms with Crippen molar-refractivity contribution in [3.05, 3.63) is 0 Å². The van der Waals surface area contributed by atoms with Gasteiger partial charge in [0.25, 0.3) is 0 Å². The number of hydrogen-bond acceptors (Lipinski definition) is 3. The van der Waals surface area contributed by atoms with Crippen LogP contribution < -0.4 is 5.73 Å². The van der Waals surface area contributed by atoms with Crippen LogP contribution in [0, 0.1) is 11.3 Å². The number of carbonyl (C=O) groups excluding carboxylic acids is 2. The smallest absolute Gasteiger partial charge is 0.230 e. The average molecular weight is 293 g/mol. The molecule has 0 spiro atoms. The summed E-state index contributed by atoms with van der Waals surface area (Å²) in [7, 11) is 0. The molecule has 1 aliphatic heterocycles. The Morgan fingerprint density at radius 3 is 2.05 bits per heavy atom. The van der Waals surface area contributed by atoms with Crippen molar-refractivity contribution in [3.8, 4) is 0 Å². The molecule has 0 bridgehead atoms. The van der Waals surface area contributed by atoms with Crippen LogP contribution in [0.2, 0.25) is 0 Å². The van der Waals surface area contributed by atoms with Gasteiger partial charge in [-0.2, -0.15) is 0 Å². The standard InChI is InChI=1S/C16H27N3O2/c17-12-16(6-2-1-3-7-16)15(21)19-10-8-18(9-11-19)14(20)13-4-5-13/h13H,1-12,17H2. The van der Waals surface area contributed by atoms with Crippen LogP contribution in [0.3, 0.4) is 0 Å². The van der Waals surface area contributed by atoms with Crippen LogP contribution in [-0.4, -0.2) is 54.3 Å². The van der Waals surface area contributed by atoms with E-state index < -0.39 is 0 Å². The van der Waals surface area contributed by atoms with E-state index in [1.54, 1.807) is 0 Å². The second kappa shape index (κ2) is 5.95. The van der Waals surface area contributed by atoms with Gasteiger partial charge in [0.05, 0.1) is 5.41 Å². The number of hydrogen-bond donors (Lipinski definition) is 1. The highest BCUT2D eigenvalue weighted by Crippen LogP contribution is 2.37. The van der Waals surface area contributed by atoms with Crippen molar-refractivity contribution in [2.45, 2.75) is 44.9 Å². The van der Waals surface area contributed by atoms with Gasteiger partial charge < -0.3 is 15.5 Å². The first-order valence-electron chi connectivity index (χ1n) is 8.44. The molecule has 0 radical (unpaired) electrons. The maximum Gasteiger partial charge on any atom is 0.230 e. The van der Waals surface area contributed by atoms with E-state index in [9.17, 15) is 9.59 Å². The molecule has 3 rings (SSSR count). The van der Waals surface area contributed by atoms with Gasteiger partial charge in [-0.3, -0.25) is 9.59 Å². The molecule has 5 heteroatoms. The van der Waals surface area contributed by atoms with E-state index in [0.717, 1.165) is 38.5 Å². The van der Waals surface area contributed by atoms with Gasteiger partial charge in [-0.15, -0.1) is 0 Å². The van der Waals surface area contributed by atoms with Crippen LogP contribution in [0.1, 0.15) is 44.9 Å². The Kier molecular flexibility index (Phi) is 4.20. The van der Waals surface area contributed by atoms with Crippen LogP contribution in [0.4, 0.5) is 0 Å². The lowest BCUT2D eigenvalue weighted by atomic mass is 9.73. The maximum absolute atomic E-state index is 12.9. The van der Waals surface area contributed by atoms with E-state index in [2.05, 4.69) is 0 Å². The molecule has 3 aliphatic rings. The summed E-state index contributed by atoms with van der Waals surface area (Å²) in [6.45, 7) is 3.22. The molecule has 1 heterocycles. The predicted octanol–water partition coefficient (Wildman–Crippen LogP) is 0.976. The van der Waals surface area contributed by atoms with Crippen molar-refractivity contribution >= 4 is 11.8 Å². The van der Waals surface area contributed by atoms with Crippen molar-refractivity contribution in [1.82, 2.24) is 9.80 Å². The van der Waals surface area contributed by atoms with Gasteiger partial charge in [0.1, 0.15) is 0 Å². The molecule has 2 aliphatic carbocycles. The highest BCUT2D eigenvalue weighted by molar-refractivity contribution is 5.84. The zero-order valence-corrected chi connectivity index (χ0v) is 12.9. The van der Waals surface area contributed by atoms with Gasteiger partial charge in [-0.25, -0.2) is 0 Å². The lowest BCUT2D eigenvalue weighted by molar-refractivity contribution is -0.148. The van der Waals surface area contributed by atoms with E-state index in [4.69, 9.17) is 5.73 Å². The van der Waals surface area contributed by atoms with Crippen LogP contribution in [0.5, 0.6) is 0 Å². The molecule has 1 saturated heterocycles. The molecule has 21 heavy (non-hydrogen) atoms. The first-order valence-corrected chi connectivity index (χ1v) is 8.44. The zero-order chi connectivity index (χ0) is 14.9. The van der Waals surface area contributed by atoms with Crippen LogP contribution in [-0.2, 0) is 9.59 Å². The number of amides is 2. The number of carbonyl (C=O) groups is 2. The van der Waals surface area contributed by atoms with E-state index in [1.165, 1.54) is 6.42 Å². The van der Waals surface area contributed by atoms with Crippen molar-refractivity contribution in [2.75, 3.05) is 32.7 Å². The summed E-state index contributed by atoms with van der Waals surface area (Å²) in [6, 6.07) is 0. The topological polar surface area (TPSA) is 66.6 Å². The number of rotatable bonds is 3. The lowest BCUT2D eigenvalue weighted by Crippen LogP contribution is -2.56. The summed E-state index contributed by atoms with van der Waals surface area (Å²) in [6.07, 6.45) is 7.42. The minimum Gasteiger partial charge on any atom is -0.339 e. The third-order valence-electron chi connectivity index (χ3n) is 5.46. The highest BCUT2D eigenvalue weighted by Gasteiger charge is 2.42. The number of piperazine rings is 1. The highest BCUT2D eigenvalue weighted by atomic mass is 16.2. The Bertz CT molecular complexity index is 406. The number of nitrogens with zero attached hydrogens (tertiary/aromatic N) is 2. The van der Waals surface area contributed by atoms with E-state index >= 15 is 0 Å². The molecule has 2 saturated carbocycles. The minimum absolute atomic E-state index is 0.239. The molecule has 0 unspecified atom stereocenters. The first-order chi connectivity index (χ1) is 10.2. The summed E-state index contributed by atoms with van der Waals surface area (Å²) >= 11 is 0. The van der Waals surface area contributed by atoms with Gasteiger partial charge >= 0.3 is 0 Å². The van der Waals surface area contributed by atoms with Crippen molar-refractivity contribution in [3.63, 3.8) is 0 Å². The summed E-state index contributed by atoms with van der Waals surface area (Å²) in [5.41, 5.74) is 5.64. The molecule has 0 aromatic heterocycles. The second-order valence-electron chi connectivity index (χ2n) is 6.94. The molecule has 0 aromatic rings. The van der Waals surface area contributed by atoms with Crippen molar-refractivity contribution < 1.29 is 9.59 Å². The molecular weight excluding hydrogens is 266 g/mol. The Labute approximate surface area is 126 Å². The Morgan fingerprint density at radius 1 is 0.952 bits per heavy atom. The maximum atomic E-state index is 12.9. The quantitative estimate of drug-likeness (QED) is 0.843. The predicted molar refractivity (Wildman–Crippen MR) is 80.5 cm³/mol. The minimum atomic E-state index is -0.319. The third kappa shape index (κ3) is 2.93. The van der Waals surface area contributed by atoms with Crippen LogP contribution >= 0.6 is 0 Å². The van der Waals surface area contributed by atoms with Crippen LogP contribution in [0.15, 0.2) is 0 Å². The Morgan fingerprint density at radius 2 is 1.52 bits per heavy atom. The summed E-state index contributed by atoms with van der Waals surface area (Å²) in [4.78, 5) is 28.8. The summed E-state index contributed by atoms with van der Waals surface area (Å²) in [5.74, 6) is 0.817. The molecule has 0 aromatic carbocycles. The SMILES string of the molecule is NCC1(C(=O)N2CCN(C(=O)C3CC3)CC2)CCCCC1. The fraction of sp³-hybridized carbons (Fsp3) is 0.875. The lowest BCUT2D eigenvalue weighted by Gasteiger charge is -2.42. The van der Waals surface area contributed by atoms with E-state index in [1.807, 2.05) is 9.80 Å². The van der Waals surface area contributed by atoms with Crippen LogP contribution in [0.25, 0.3) is 0 Å². The monoisotopic (exact) mass is 293 g/mol. The van der Waals surface area contributed by atoms with Gasteiger partial charge in [0.2, 0.25) is 11.8 Å². The molecular formula is C16H27N3O2. The molecule has 2 N–H and O–H groups in total. The van der Waals surface area contributed by atoms with Gasteiger partial charge in [0.15, 0.2) is 0 Å². The molecule has 118 valence electrons. The Balaban J connectivity index is 1.57. The molecule has 5 nitrogen and oxygen atoms in total. The molecule has 0 atom stereocenters. The summed E-state index contributed by atoms with van der Waals surface area (Å²) < 4.78 is 0. The number of nitrogens with two attached hydrogens (primary N) is 1. The average Bonchev–Trinajstić information content (AvgIpc) is 3.39. The van der Waals surface area contributed by atoms with Crippen molar-refractivity contribution in [1.29, 1.82) is 0 Å². The fourth-order valence-corrected chi connectivity index (χ4v) is 3.79. The van der Waals surface area contributed by atoms with E-state index in [0.29, 0.717) is 38.6 Å². The van der Waals surface area contributed by atoms with Gasteiger partial charge in [-0.1, -0.05) is 19.3 Å². The normalized spacial score (nSPS) is 25.8. The Hall–Kier alpha value is -1.10.